The first kappa shape index (κ1) is 21.5. The molecule has 0 unspecified atom stereocenters. The van der Waals surface area contributed by atoms with Gasteiger partial charge >= 0.3 is 6.03 Å². The van der Waals surface area contributed by atoms with Crippen LogP contribution in [-0.4, -0.2) is 49.4 Å². The van der Waals surface area contributed by atoms with E-state index in [4.69, 9.17) is 4.74 Å². The van der Waals surface area contributed by atoms with Crippen LogP contribution >= 0.6 is 0 Å². The summed E-state index contributed by atoms with van der Waals surface area (Å²) >= 11 is 0. The monoisotopic (exact) mass is 423 g/mol. The first-order chi connectivity index (χ1) is 14.7. The number of anilines is 2. The maximum Gasteiger partial charge on any atom is 0.348 e. The van der Waals surface area contributed by atoms with Crippen molar-refractivity contribution in [2.45, 2.75) is 40.5 Å². The number of hydrogen-bond acceptors (Lipinski definition) is 4. The zero-order chi connectivity index (χ0) is 22.3. The second kappa shape index (κ2) is 8.08. The number of nitrogens with zero attached hydrogens (tertiary/aromatic N) is 3. The number of piperazine rings is 1. The second-order valence-corrected chi connectivity index (χ2v) is 9.60. The Balaban J connectivity index is 1.50. The summed E-state index contributed by atoms with van der Waals surface area (Å²) < 4.78 is 5.33. The number of aryl methyl sites for hydroxylation is 2. The molecule has 0 radical (unpaired) electrons. The average Bonchev–Trinajstić information content (AvgIpc) is 3.08. The molecule has 2 amide bonds. The zero-order valence-corrected chi connectivity index (χ0v) is 19.2. The van der Waals surface area contributed by atoms with Crippen molar-refractivity contribution >= 4 is 17.4 Å². The molecule has 2 aliphatic rings. The van der Waals surface area contributed by atoms with Crippen molar-refractivity contribution in [3.05, 3.63) is 52.6 Å². The predicted molar refractivity (Wildman–Crippen MR) is 124 cm³/mol. The van der Waals surface area contributed by atoms with E-state index in [1.165, 1.54) is 11.1 Å². The van der Waals surface area contributed by atoms with Gasteiger partial charge in [-0.25, -0.2) is 4.79 Å². The molecule has 1 saturated heterocycles. The molecule has 4 rings (SSSR count). The minimum absolute atomic E-state index is 0.141. The number of ether oxygens (including phenoxy) is 1. The van der Waals surface area contributed by atoms with E-state index < -0.39 is 0 Å². The van der Waals surface area contributed by atoms with E-state index >= 15 is 0 Å². The van der Waals surface area contributed by atoms with Crippen molar-refractivity contribution < 1.29 is 14.7 Å². The average molecular weight is 424 g/mol. The minimum atomic E-state index is -0.343. The summed E-state index contributed by atoms with van der Waals surface area (Å²) in [5.74, 6) is 0.823. The second-order valence-electron chi connectivity index (χ2n) is 9.60. The van der Waals surface area contributed by atoms with Crippen LogP contribution in [0.4, 0.5) is 16.2 Å². The van der Waals surface area contributed by atoms with Crippen LogP contribution in [0.5, 0.6) is 5.75 Å². The largest absolute Gasteiger partial charge is 0.497 e. The van der Waals surface area contributed by atoms with Crippen molar-refractivity contribution in [2.75, 3.05) is 43.3 Å². The third kappa shape index (κ3) is 4.09. The maximum absolute atomic E-state index is 13.2. The van der Waals surface area contributed by atoms with E-state index in [1.54, 1.807) is 12.0 Å². The van der Waals surface area contributed by atoms with Crippen molar-refractivity contribution in [3.63, 3.8) is 0 Å². The Labute approximate surface area is 185 Å². The Hall–Kier alpha value is -2.73. The molecular weight excluding hydrogens is 390 g/mol. The highest BCUT2D eigenvalue weighted by molar-refractivity contribution is 5.92. The number of hydroxylamine groups is 1. The van der Waals surface area contributed by atoms with Gasteiger partial charge in [-0.3, -0.25) is 5.21 Å². The van der Waals surface area contributed by atoms with E-state index in [2.05, 4.69) is 37.8 Å². The summed E-state index contributed by atoms with van der Waals surface area (Å²) in [5, 5.41) is 11.9. The van der Waals surface area contributed by atoms with Gasteiger partial charge in [0.1, 0.15) is 5.75 Å². The Morgan fingerprint density at radius 2 is 1.71 bits per heavy atom. The molecule has 1 N–H and O–H groups in total. The first-order valence-electron chi connectivity index (χ1n) is 11.0. The summed E-state index contributed by atoms with van der Waals surface area (Å²) in [7, 11) is 1.66. The van der Waals surface area contributed by atoms with Crippen LogP contribution in [0.25, 0.3) is 0 Å². The lowest BCUT2D eigenvalue weighted by atomic mass is 9.90. The number of amides is 2. The fraction of sp³-hybridized carbons (Fsp3) is 0.480. The summed E-state index contributed by atoms with van der Waals surface area (Å²) in [6, 6.07) is 9.71. The molecule has 2 aromatic rings. The summed E-state index contributed by atoms with van der Waals surface area (Å²) in [6.45, 7) is 11.1. The minimum Gasteiger partial charge on any atom is -0.497 e. The lowest BCUT2D eigenvalue weighted by Crippen LogP contribution is -2.52. The van der Waals surface area contributed by atoms with Gasteiger partial charge in [0.05, 0.1) is 12.8 Å². The van der Waals surface area contributed by atoms with Crippen LogP contribution in [0.3, 0.4) is 0 Å². The maximum atomic E-state index is 13.2. The van der Waals surface area contributed by atoms with Crippen molar-refractivity contribution in [2.24, 2.45) is 5.41 Å². The topological polar surface area (TPSA) is 56.2 Å². The Morgan fingerprint density at radius 1 is 1.03 bits per heavy atom. The molecule has 1 heterocycles. The van der Waals surface area contributed by atoms with Crippen LogP contribution in [-0.2, 0) is 12.8 Å². The molecule has 0 aromatic heterocycles. The van der Waals surface area contributed by atoms with Gasteiger partial charge in [-0.1, -0.05) is 26.0 Å². The number of hydrogen-bond donors (Lipinski definition) is 1. The number of urea groups is 1. The summed E-state index contributed by atoms with van der Waals surface area (Å²) in [6.07, 6.45) is 1.84. The fourth-order valence-corrected chi connectivity index (χ4v) is 5.04. The van der Waals surface area contributed by atoms with Gasteiger partial charge in [0, 0.05) is 37.9 Å². The van der Waals surface area contributed by atoms with E-state index in [-0.39, 0.29) is 11.4 Å². The third-order valence-corrected chi connectivity index (χ3v) is 6.60. The zero-order valence-electron chi connectivity index (χ0n) is 19.2. The lowest BCUT2D eigenvalue weighted by molar-refractivity contribution is 0.163. The molecule has 166 valence electrons. The lowest BCUT2D eigenvalue weighted by Gasteiger charge is -2.37. The molecule has 2 aromatic carbocycles. The quantitative estimate of drug-likeness (QED) is 0.580. The first-order valence-corrected chi connectivity index (χ1v) is 11.0. The van der Waals surface area contributed by atoms with E-state index in [0.29, 0.717) is 31.9 Å². The molecule has 1 aliphatic heterocycles. The standard InChI is InChI=1S/C25H33N3O3/c1-17-13-18(2)23(22-16-25(3,4)15-21(17)22)28(30)24(29)27-11-9-26(10-12-27)19-7-6-8-20(14-19)31-5/h6-8,13-14,30H,9-12,15-16H2,1-5H3. The van der Waals surface area contributed by atoms with Gasteiger partial charge in [-0.15, -0.1) is 0 Å². The molecular formula is C25H33N3O3. The molecule has 6 heteroatoms. The van der Waals surface area contributed by atoms with Crippen LogP contribution in [0.15, 0.2) is 30.3 Å². The normalized spacial score (nSPS) is 17.5. The van der Waals surface area contributed by atoms with Crippen LogP contribution < -0.4 is 14.7 Å². The van der Waals surface area contributed by atoms with Gasteiger partial charge in [0.25, 0.3) is 0 Å². The Morgan fingerprint density at radius 3 is 2.39 bits per heavy atom. The van der Waals surface area contributed by atoms with Crippen molar-refractivity contribution in [3.8, 4) is 5.75 Å². The number of methoxy groups -OCH3 is 1. The molecule has 0 bridgehead atoms. The Bertz CT molecular complexity index is 994. The number of carbonyl (C=O) groups excluding carboxylic acids is 1. The highest BCUT2D eigenvalue weighted by Crippen LogP contribution is 2.44. The van der Waals surface area contributed by atoms with Crippen LogP contribution in [0.1, 0.15) is 36.1 Å². The van der Waals surface area contributed by atoms with Gasteiger partial charge in [-0.05, 0) is 66.5 Å². The van der Waals surface area contributed by atoms with Crippen LogP contribution in [0, 0.1) is 19.3 Å². The molecule has 6 nitrogen and oxygen atoms in total. The highest BCUT2D eigenvalue weighted by atomic mass is 16.5. The van der Waals surface area contributed by atoms with Crippen molar-refractivity contribution in [1.82, 2.24) is 4.90 Å². The van der Waals surface area contributed by atoms with Gasteiger partial charge < -0.3 is 14.5 Å². The smallest absolute Gasteiger partial charge is 0.348 e. The number of rotatable bonds is 3. The molecule has 0 saturated carbocycles. The number of carbonyl (C=O) groups is 1. The van der Waals surface area contributed by atoms with Gasteiger partial charge in [0.2, 0.25) is 0 Å². The van der Waals surface area contributed by atoms with E-state index in [0.717, 1.165) is 40.5 Å². The third-order valence-electron chi connectivity index (χ3n) is 6.60. The molecule has 1 aliphatic carbocycles. The molecule has 31 heavy (non-hydrogen) atoms. The number of fused-ring (bicyclic) bond motifs is 1. The van der Waals surface area contributed by atoms with Crippen molar-refractivity contribution in [1.29, 1.82) is 0 Å². The van der Waals surface area contributed by atoms with E-state index in [9.17, 15) is 10.0 Å². The van der Waals surface area contributed by atoms with Gasteiger partial charge in [0.15, 0.2) is 0 Å². The Kier molecular flexibility index (Phi) is 5.60. The SMILES string of the molecule is COc1cccc(N2CCN(C(=O)N(O)c3c(C)cc(C)c4c3CC(C)(C)C4)CC2)c1. The van der Waals surface area contributed by atoms with E-state index in [1.807, 2.05) is 25.1 Å². The molecule has 0 atom stereocenters. The number of benzene rings is 2. The highest BCUT2D eigenvalue weighted by Gasteiger charge is 2.35. The fourth-order valence-electron chi connectivity index (χ4n) is 5.04. The summed E-state index contributed by atoms with van der Waals surface area (Å²) in [4.78, 5) is 17.2. The van der Waals surface area contributed by atoms with Crippen LogP contribution in [0.2, 0.25) is 0 Å². The molecule has 0 spiro atoms. The van der Waals surface area contributed by atoms with Gasteiger partial charge in [-0.2, -0.15) is 5.06 Å². The summed E-state index contributed by atoms with van der Waals surface area (Å²) in [5.41, 5.74) is 6.48. The molecule has 1 fully saturated rings. The predicted octanol–water partition coefficient (Wildman–Crippen LogP) is 4.57.